The smallest absolute Gasteiger partial charge is 0.288 e. The Morgan fingerprint density at radius 2 is 1.65 bits per heavy atom. The van der Waals surface area contributed by atoms with Crippen molar-refractivity contribution in [3.8, 4) is 11.1 Å². The van der Waals surface area contributed by atoms with E-state index in [0.717, 1.165) is 18.4 Å². The Labute approximate surface area is 177 Å². The van der Waals surface area contributed by atoms with Crippen LogP contribution in [0.5, 0.6) is 0 Å². The van der Waals surface area contributed by atoms with Gasteiger partial charge < -0.3 is 9.73 Å². The molecule has 0 fully saturated rings. The fourth-order valence-electron chi connectivity index (χ4n) is 3.07. The van der Waals surface area contributed by atoms with E-state index in [4.69, 9.17) is 4.42 Å². The quantitative estimate of drug-likeness (QED) is 0.575. The topological polar surface area (TPSA) is 88.4 Å². The third-order valence-corrected chi connectivity index (χ3v) is 5.13. The second-order valence-electron chi connectivity index (χ2n) is 7.00. The number of anilines is 1. The van der Waals surface area contributed by atoms with Crippen LogP contribution < -0.4 is 10.0 Å². The third kappa shape index (κ3) is 4.91. The summed E-state index contributed by atoms with van der Waals surface area (Å²) in [7, 11) is -3.89. The molecular formula is C21H19F3N2O4S. The Hall–Kier alpha value is -3.27. The van der Waals surface area contributed by atoms with Gasteiger partial charge in [0.15, 0.2) is 11.6 Å². The van der Waals surface area contributed by atoms with Crippen LogP contribution in [0.1, 0.15) is 34.6 Å². The Morgan fingerprint density at radius 3 is 2.19 bits per heavy atom. The summed E-state index contributed by atoms with van der Waals surface area (Å²) >= 11 is 0. The predicted octanol–water partition coefficient (Wildman–Crippen LogP) is 4.53. The highest BCUT2D eigenvalue weighted by Gasteiger charge is 2.26. The maximum atomic E-state index is 14.3. The molecule has 1 atom stereocenters. The molecule has 0 aliphatic heterocycles. The number of benzene rings is 2. The average Bonchev–Trinajstić information content (AvgIpc) is 2.99. The van der Waals surface area contributed by atoms with E-state index in [-0.39, 0.29) is 22.5 Å². The van der Waals surface area contributed by atoms with Gasteiger partial charge in [0.1, 0.15) is 5.69 Å². The van der Waals surface area contributed by atoms with E-state index in [0.29, 0.717) is 5.56 Å². The zero-order chi connectivity index (χ0) is 22.9. The normalized spacial score (nSPS) is 12.5. The molecule has 0 spiro atoms. The van der Waals surface area contributed by atoms with E-state index >= 15 is 0 Å². The molecule has 0 saturated carbocycles. The molecule has 2 aromatic carbocycles. The first-order chi connectivity index (χ1) is 14.5. The van der Waals surface area contributed by atoms with Crippen LogP contribution in [0.25, 0.3) is 11.1 Å². The lowest BCUT2D eigenvalue weighted by Gasteiger charge is -2.16. The van der Waals surface area contributed by atoms with Gasteiger partial charge in [0.2, 0.25) is 15.8 Å². The molecule has 3 rings (SSSR count). The summed E-state index contributed by atoms with van der Waals surface area (Å²) in [5.74, 6) is -3.35. The van der Waals surface area contributed by atoms with E-state index in [1.165, 1.54) is 13.8 Å². The standard InChI is InChI=1S/C21H19F3N2O4S/c1-11-17(13-7-5-4-6-8-13)19(30-20(11)24)21(27)25-12(2)14-9-15(22)18(16(23)10-14)26-31(3,28)29/h4-10,12,26H,1-3H3,(H,25,27). The molecule has 2 N–H and O–H groups in total. The number of hydrogen-bond donors (Lipinski definition) is 2. The first-order valence-corrected chi connectivity index (χ1v) is 11.0. The van der Waals surface area contributed by atoms with Crippen molar-refractivity contribution in [2.45, 2.75) is 19.9 Å². The monoisotopic (exact) mass is 452 g/mol. The van der Waals surface area contributed by atoms with Gasteiger partial charge in [0, 0.05) is 11.1 Å². The summed E-state index contributed by atoms with van der Waals surface area (Å²) in [5, 5.41) is 2.51. The molecule has 1 amide bonds. The summed E-state index contributed by atoms with van der Waals surface area (Å²) in [6.07, 6.45) is 0.761. The van der Waals surface area contributed by atoms with Crippen LogP contribution in [0.4, 0.5) is 18.9 Å². The second-order valence-corrected chi connectivity index (χ2v) is 8.75. The average molecular weight is 452 g/mol. The minimum atomic E-state index is -3.89. The van der Waals surface area contributed by atoms with Gasteiger partial charge in [-0.2, -0.15) is 4.39 Å². The Bertz CT molecular complexity index is 1220. The molecule has 0 bridgehead atoms. The van der Waals surface area contributed by atoms with E-state index in [1.54, 1.807) is 35.1 Å². The minimum Gasteiger partial charge on any atom is -0.425 e. The first-order valence-electron chi connectivity index (χ1n) is 9.10. The number of halogens is 3. The van der Waals surface area contributed by atoms with Gasteiger partial charge in [-0.15, -0.1) is 0 Å². The van der Waals surface area contributed by atoms with Gasteiger partial charge >= 0.3 is 0 Å². The van der Waals surface area contributed by atoms with Gasteiger partial charge in [-0.3, -0.25) is 9.52 Å². The maximum Gasteiger partial charge on any atom is 0.288 e. The van der Waals surface area contributed by atoms with Crippen molar-refractivity contribution in [2.24, 2.45) is 0 Å². The minimum absolute atomic E-state index is 0.0346. The maximum absolute atomic E-state index is 14.3. The molecule has 1 aromatic heterocycles. The van der Waals surface area contributed by atoms with Crippen LogP contribution in [0.3, 0.4) is 0 Å². The van der Waals surface area contributed by atoms with Crippen molar-refractivity contribution in [3.63, 3.8) is 0 Å². The van der Waals surface area contributed by atoms with E-state index in [9.17, 15) is 26.4 Å². The number of hydrogen-bond acceptors (Lipinski definition) is 4. The van der Waals surface area contributed by atoms with Gasteiger partial charge in [-0.25, -0.2) is 17.2 Å². The molecule has 3 aromatic rings. The fourth-order valence-corrected chi connectivity index (χ4v) is 3.64. The zero-order valence-electron chi connectivity index (χ0n) is 16.8. The molecule has 164 valence electrons. The SMILES string of the molecule is Cc1c(F)oc(C(=O)NC(C)c2cc(F)c(NS(C)(=O)=O)c(F)c2)c1-c1ccccc1. The second kappa shape index (κ2) is 8.46. The summed E-state index contributed by atoms with van der Waals surface area (Å²) in [5.41, 5.74) is 0.205. The lowest BCUT2D eigenvalue weighted by Crippen LogP contribution is -2.27. The zero-order valence-corrected chi connectivity index (χ0v) is 17.6. The Morgan fingerprint density at radius 1 is 1.06 bits per heavy atom. The molecule has 0 aliphatic rings. The third-order valence-electron chi connectivity index (χ3n) is 4.56. The Balaban J connectivity index is 1.89. The fraction of sp³-hybridized carbons (Fsp3) is 0.190. The van der Waals surface area contributed by atoms with E-state index < -0.39 is 45.3 Å². The lowest BCUT2D eigenvalue weighted by atomic mass is 10.0. The highest BCUT2D eigenvalue weighted by Crippen LogP contribution is 2.32. The molecule has 6 nitrogen and oxygen atoms in total. The van der Waals surface area contributed by atoms with Crippen molar-refractivity contribution in [1.29, 1.82) is 0 Å². The molecular weight excluding hydrogens is 433 g/mol. The molecule has 31 heavy (non-hydrogen) atoms. The van der Waals surface area contributed by atoms with Crippen LogP contribution >= 0.6 is 0 Å². The number of carbonyl (C=O) groups is 1. The van der Waals surface area contributed by atoms with Gasteiger partial charge in [0.25, 0.3) is 11.9 Å². The molecule has 1 unspecified atom stereocenters. The Kier molecular flexibility index (Phi) is 6.12. The van der Waals surface area contributed by atoms with Crippen LogP contribution in [0, 0.1) is 24.6 Å². The van der Waals surface area contributed by atoms with Gasteiger partial charge in [-0.1, -0.05) is 30.3 Å². The van der Waals surface area contributed by atoms with Crippen molar-refractivity contribution in [2.75, 3.05) is 11.0 Å². The highest BCUT2D eigenvalue weighted by molar-refractivity contribution is 7.92. The van der Waals surface area contributed by atoms with Crippen LogP contribution in [-0.2, 0) is 10.0 Å². The van der Waals surface area contributed by atoms with Crippen LogP contribution in [-0.4, -0.2) is 20.6 Å². The number of sulfonamides is 1. The number of carbonyl (C=O) groups excluding carboxylic acids is 1. The number of nitrogens with one attached hydrogen (secondary N) is 2. The molecule has 0 saturated heterocycles. The molecule has 0 radical (unpaired) electrons. The number of rotatable bonds is 6. The summed E-state index contributed by atoms with van der Waals surface area (Å²) in [6.45, 7) is 2.93. The van der Waals surface area contributed by atoms with Crippen LogP contribution in [0.15, 0.2) is 46.9 Å². The first kappa shape index (κ1) is 22.4. The number of amides is 1. The van der Waals surface area contributed by atoms with E-state index in [2.05, 4.69) is 5.32 Å². The lowest BCUT2D eigenvalue weighted by molar-refractivity contribution is 0.0903. The van der Waals surface area contributed by atoms with E-state index in [1.807, 2.05) is 0 Å². The van der Waals surface area contributed by atoms with Crippen molar-refractivity contribution >= 4 is 21.6 Å². The molecule has 1 heterocycles. The van der Waals surface area contributed by atoms with Crippen molar-refractivity contribution in [3.05, 3.63) is 77.0 Å². The van der Waals surface area contributed by atoms with Crippen molar-refractivity contribution < 1.29 is 30.8 Å². The molecule has 10 heteroatoms. The van der Waals surface area contributed by atoms with Crippen molar-refractivity contribution in [1.82, 2.24) is 5.32 Å². The molecule has 0 aliphatic carbocycles. The van der Waals surface area contributed by atoms with Gasteiger partial charge in [-0.05, 0) is 37.1 Å². The highest BCUT2D eigenvalue weighted by atomic mass is 32.2. The van der Waals surface area contributed by atoms with Crippen LogP contribution in [0.2, 0.25) is 0 Å². The number of furan rings is 1. The van der Waals surface area contributed by atoms with Gasteiger partial charge in [0.05, 0.1) is 12.3 Å². The largest absolute Gasteiger partial charge is 0.425 e. The predicted molar refractivity (Wildman–Crippen MR) is 110 cm³/mol. The summed E-state index contributed by atoms with van der Waals surface area (Å²) in [6, 6.07) is 8.57. The summed E-state index contributed by atoms with van der Waals surface area (Å²) < 4.78 is 71.9. The summed E-state index contributed by atoms with van der Waals surface area (Å²) in [4.78, 5) is 12.8.